The van der Waals surface area contributed by atoms with E-state index in [1.807, 2.05) is 29.2 Å². The van der Waals surface area contributed by atoms with Gasteiger partial charge in [0.1, 0.15) is 16.7 Å². The highest BCUT2D eigenvalue weighted by Gasteiger charge is 2.46. The van der Waals surface area contributed by atoms with Crippen LogP contribution in [0.5, 0.6) is 0 Å². The minimum atomic E-state index is -2.61. The smallest absolute Gasteiger partial charge is 0.251 e. The summed E-state index contributed by atoms with van der Waals surface area (Å²) in [5.41, 5.74) is 15.2. The number of alkyl halides is 3. The molecule has 2 saturated carbocycles. The van der Waals surface area contributed by atoms with Crippen molar-refractivity contribution in [3.63, 3.8) is 0 Å². The molecule has 1 aliphatic heterocycles. The number of nitrogens with one attached hydrogen (secondary N) is 1. The fourth-order valence-corrected chi connectivity index (χ4v) is 6.91. The van der Waals surface area contributed by atoms with Gasteiger partial charge in [0.05, 0.1) is 16.3 Å². The van der Waals surface area contributed by atoms with Crippen LogP contribution in [-0.2, 0) is 4.79 Å². The number of thiazole rings is 1. The first-order chi connectivity index (χ1) is 20.0. The van der Waals surface area contributed by atoms with Gasteiger partial charge in [-0.3, -0.25) is 4.79 Å². The molecule has 0 radical (unpaired) electrons. The zero-order chi connectivity index (χ0) is 30.1. The van der Waals surface area contributed by atoms with Crippen LogP contribution in [0.2, 0.25) is 0 Å². The normalized spacial score (nSPS) is 25.4. The van der Waals surface area contributed by atoms with Crippen molar-refractivity contribution < 1.29 is 18.0 Å². The molecule has 0 spiro atoms. The van der Waals surface area contributed by atoms with Crippen LogP contribution in [0.3, 0.4) is 0 Å². The maximum atomic E-state index is 14.8. The standard InChI is InChI=1S/C32H38F3N5OS/c1-3-12-31(13-14-31)39-29(41)25-19-22(33)7-10-24(25)27-28(42-30(38-27)26(37)11-4-20(2)36)21-5-8-23(9-6-21)40-17-15-32(34,35)16-18-40/h4-6,8-9,11,22,24-25H,7,10,13-19,36-37H2,1-2H3,(H,39,41)/b20-4-,26-11-/t22-,24+,25?/m0/s1. The predicted molar refractivity (Wildman–Crippen MR) is 163 cm³/mol. The van der Waals surface area contributed by atoms with Crippen LogP contribution in [0.25, 0.3) is 16.1 Å². The Kier molecular flexibility index (Phi) is 8.61. The van der Waals surface area contributed by atoms with E-state index in [1.54, 1.807) is 26.0 Å². The Hall–Kier alpha value is -3.45. The summed E-state index contributed by atoms with van der Waals surface area (Å²) in [6.07, 6.45) is 4.56. The Balaban J connectivity index is 1.49. The van der Waals surface area contributed by atoms with Crippen LogP contribution >= 0.6 is 11.3 Å². The maximum absolute atomic E-state index is 14.8. The minimum absolute atomic E-state index is 0.122. The lowest BCUT2D eigenvalue weighted by molar-refractivity contribution is -0.128. The number of hydrogen-bond acceptors (Lipinski definition) is 6. The largest absolute Gasteiger partial charge is 0.402 e. The van der Waals surface area contributed by atoms with Crippen molar-refractivity contribution in [2.24, 2.45) is 17.4 Å². The lowest BCUT2D eigenvalue weighted by Gasteiger charge is -2.33. The first kappa shape index (κ1) is 30.0. The summed E-state index contributed by atoms with van der Waals surface area (Å²) in [6, 6.07) is 7.78. The van der Waals surface area contributed by atoms with E-state index in [0.717, 1.165) is 34.7 Å². The second kappa shape index (κ2) is 12.0. The zero-order valence-electron chi connectivity index (χ0n) is 24.1. The van der Waals surface area contributed by atoms with Gasteiger partial charge in [-0.1, -0.05) is 18.1 Å². The molecule has 1 unspecified atom stereocenters. The third-order valence-electron chi connectivity index (χ3n) is 8.37. The number of aromatic nitrogens is 1. The number of halogens is 3. The van der Waals surface area contributed by atoms with Gasteiger partial charge in [-0.05, 0) is 75.8 Å². The maximum Gasteiger partial charge on any atom is 0.251 e. The van der Waals surface area contributed by atoms with E-state index in [2.05, 4.69) is 17.2 Å². The Morgan fingerprint density at radius 3 is 2.43 bits per heavy atom. The highest BCUT2D eigenvalue weighted by atomic mass is 32.1. The minimum Gasteiger partial charge on any atom is -0.402 e. The molecule has 1 amide bonds. The van der Waals surface area contributed by atoms with Gasteiger partial charge < -0.3 is 21.7 Å². The van der Waals surface area contributed by atoms with E-state index in [9.17, 15) is 18.0 Å². The SMILES string of the molecule is CC#CC1(NC(=O)C2C[C@@H](F)CC[C@H]2c2nc(/C(N)=C/C=C(/C)N)sc2-c2ccc(N3CCC(F)(F)CC3)cc2)CC1. The van der Waals surface area contributed by atoms with Crippen LogP contribution in [0.4, 0.5) is 18.9 Å². The molecule has 6 nitrogen and oxygen atoms in total. The molecule has 3 aliphatic rings. The van der Waals surface area contributed by atoms with E-state index >= 15 is 0 Å². The number of nitrogens with zero attached hydrogens (tertiary/aromatic N) is 2. The van der Waals surface area contributed by atoms with Crippen molar-refractivity contribution in [1.29, 1.82) is 0 Å². The van der Waals surface area contributed by atoms with Crippen LogP contribution in [0.1, 0.15) is 75.4 Å². The zero-order valence-corrected chi connectivity index (χ0v) is 24.9. The summed E-state index contributed by atoms with van der Waals surface area (Å²) in [7, 11) is 0. The number of carbonyl (C=O) groups is 1. The molecule has 2 aromatic rings. The number of rotatable bonds is 7. The van der Waals surface area contributed by atoms with Gasteiger partial charge in [-0.25, -0.2) is 18.2 Å². The number of hydrogen-bond donors (Lipinski definition) is 3. The Bertz CT molecular complexity index is 1420. The number of benzene rings is 1. The predicted octanol–water partition coefficient (Wildman–Crippen LogP) is 6.10. The van der Waals surface area contributed by atoms with Gasteiger partial charge in [-0.15, -0.1) is 17.3 Å². The van der Waals surface area contributed by atoms with Crippen molar-refractivity contribution in [1.82, 2.24) is 10.3 Å². The summed E-state index contributed by atoms with van der Waals surface area (Å²) in [4.78, 5) is 21.4. The number of amides is 1. The molecule has 1 saturated heterocycles. The van der Waals surface area contributed by atoms with Gasteiger partial charge in [0.25, 0.3) is 5.92 Å². The molecule has 2 aliphatic carbocycles. The monoisotopic (exact) mass is 597 g/mol. The van der Waals surface area contributed by atoms with Gasteiger partial charge in [0, 0.05) is 49.2 Å². The van der Waals surface area contributed by atoms with E-state index in [0.29, 0.717) is 42.3 Å². The molecule has 224 valence electrons. The summed E-state index contributed by atoms with van der Waals surface area (Å²) < 4.78 is 42.1. The van der Waals surface area contributed by atoms with E-state index in [-0.39, 0.29) is 31.1 Å². The molecule has 3 atom stereocenters. The summed E-state index contributed by atoms with van der Waals surface area (Å²) in [6.45, 7) is 4.11. The van der Waals surface area contributed by atoms with E-state index in [4.69, 9.17) is 16.5 Å². The molecule has 5 rings (SSSR count). The van der Waals surface area contributed by atoms with Gasteiger partial charge >= 0.3 is 0 Å². The molecule has 2 heterocycles. The number of carbonyl (C=O) groups excluding carboxylic acids is 1. The second-order valence-corrected chi connectivity index (χ2v) is 12.7. The summed E-state index contributed by atoms with van der Waals surface area (Å²) in [5, 5.41) is 3.70. The van der Waals surface area contributed by atoms with Crippen LogP contribution < -0.4 is 21.7 Å². The van der Waals surface area contributed by atoms with Crippen LogP contribution in [0, 0.1) is 17.8 Å². The Morgan fingerprint density at radius 2 is 1.81 bits per heavy atom. The molecule has 3 fully saturated rings. The van der Waals surface area contributed by atoms with Crippen molar-refractivity contribution in [2.45, 2.75) is 82.3 Å². The summed E-state index contributed by atoms with van der Waals surface area (Å²) >= 11 is 1.42. The average Bonchev–Trinajstić information content (AvgIpc) is 3.56. The molecular weight excluding hydrogens is 559 g/mol. The van der Waals surface area contributed by atoms with Gasteiger partial charge in [-0.2, -0.15) is 0 Å². The van der Waals surface area contributed by atoms with E-state index in [1.165, 1.54) is 11.3 Å². The van der Waals surface area contributed by atoms with Crippen LogP contribution in [-0.4, -0.2) is 41.6 Å². The molecule has 5 N–H and O–H groups in total. The van der Waals surface area contributed by atoms with Gasteiger partial charge in [0.2, 0.25) is 5.91 Å². The highest BCUT2D eigenvalue weighted by molar-refractivity contribution is 7.16. The topological polar surface area (TPSA) is 97.3 Å². The van der Waals surface area contributed by atoms with Crippen molar-refractivity contribution in [3.05, 3.63) is 52.8 Å². The summed E-state index contributed by atoms with van der Waals surface area (Å²) in [5.74, 6) is 2.32. The number of piperidine rings is 1. The lowest BCUT2D eigenvalue weighted by atomic mass is 9.75. The van der Waals surface area contributed by atoms with Crippen molar-refractivity contribution in [3.8, 4) is 22.3 Å². The second-order valence-electron chi connectivity index (χ2n) is 11.7. The van der Waals surface area contributed by atoms with Crippen LogP contribution in [0.15, 0.2) is 42.1 Å². The first-order valence-electron chi connectivity index (χ1n) is 14.5. The first-order valence-corrected chi connectivity index (χ1v) is 15.3. The number of allylic oxidation sites excluding steroid dienone is 3. The molecule has 1 aromatic carbocycles. The number of anilines is 1. The third-order valence-corrected chi connectivity index (χ3v) is 9.54. The fourth-order valence-electron chi connectivity index (χ4n) is 5.83. The molecule has 0 bridgehead atoms. The molecule has 1 aromatic heterocycles. The van der Waals surface area contributed by atoms with Crippen molar-refractivity contribution in [2.75, 3.05) is 18.0 Å². The fraction of sp³-hybridized carbons (Fsp3) is 0.500. The third kappa shape index (κ3) is 6.78. The van der Waals surface area contributed by atoms with Gasteiger partial charge in [0.15, 0.2) is 0 Å². The molecule has 10 heteroatoms. The number of nitrogens with two attached hydrogens (primary N) is 2. The highest BCUT2D eigenvalue weighted by Crippen LogP contribution is 2.46. The Labute approximate surface area is 249 Å². The van der Waals surface area contributed by atoms with E-state index < -0.39 is 23.6 Å². The van der Waals surface area contributed by atoms with Crippen molar-refractivity contribution >= 4 is 28.6 Å². The molecule has 42 heavy (non-hydrogen) atoms. The Morgan fingerprint density at radius 1 is 1.12 bits per heavy atom. The molecular formula is C32H38F3N5OS. The quantitative estimate of drug-likeness (QED) is 0.265. The lowest BCUT2D eigenvalue weighted by Crippen LogP contribution is -2.44. The average molecular weight is 598 g/mol.